The summed E-state index contributed by atoms with van der Waals surface area (Å²) in [5, 5.41) is 5.70. The van der Waals surface area contributed by atoms with Gasteiger partial charge in [0.1, 0.15) is 12.4 Å². The molecule has 0 atom stereocenters. The molecule has 0 fully saturated rings. The zero-order valence-corrected chi connectivity index (χ0v) is 17.3. The van der Waals surface area contributed by atoms with Crippen LogP contribution in [-0.2, 0) is 13.2 Å². The van der Waals surface area contributed by atoms with Crippen molar-refractivity contribution >= 4 is 10.9 Å². The number of nitrogens with zero attached hydrogens (tertiary/aromatic N) is 4. The summed E-state index contributed by atoms with van der Waals surface area (Å²) in [6.07, 6.45) is 5.53. The molecule has 0 saturated heterocycles. The Hall–Kier alpha value is -3.99. The molecule has 3 aromatic heterocycles. The van der Waals surface area contributed by atoms with Gasteiger partial charge in [-0.1, -0.05) is 24.3 Å². The van der Waals surface area contributed by atoms with Gasteiger partial charge in [0.25, 0.3) is 0 Å². The van der Waals surface area contributed by atoms with Crippen LogP contribution in [0.4, 0.5) is 0 Å². The average molecular weight is 406 g/mol. The Balaban J connectivity index is 1.37. The molecule has 0 N–H and O–H groups in total. The molecule has 5 heteroatoms. The number of aromatic nitrogens is 4. The first kappa shape index (κ1) is 19.0. The van der Waals surface area contributed by atoms with Crippen molar-refractivity contribution in [2.24, 2.45) is 0 Å². The second-order valence-electron chi connectivity index (χ2n) is 7.27. The smallest absolute Gasteiger partial charge is 0.130 e. The van der Waals surface area contributed by atoms with E-state index in [1.807, 2.05) is 59.4 Å². The minimum atomic E-state index is 0.430. The lowest BCUT2D eigenvalue weighted by atomic mass is 10.0. The Labute approximate surface area is 181 Å². The molecule has 0 radical (unpaired) electrons. The quantitative estimate of drug-likeness (QED) is 0.360. The van der Waals surface area contributed by atoms with Crippen molar-refractivity contribution in [1.82, 2.24) is 19.7 Å². The molecule has 0 aliphatic heterocycles. The zero-order chi connectivity index (χ0) is 21.0. The molecule has 0 spiro atoms. The molecular weight excluding hydrogens is 384 g/mol. The molecule has 0 unspecified atom stereocenters. The summed E-state index contributed by atoms with van der Waals surface area (Å²) in [5.74, 6) is 0.812. The van der Waals surface area contributed by atoms with Crippen molar-refractivity contribution in [3.8, 4) is 28.1 Å². The van der Waals surface area contributed by atoms with Crippen molar-refractivity contribution in [3.05, 3.63) is 97.1 Å². The summed E-state index contributed by atoms with van der Waals surface area (Å²) in [6.45, 7) is 3.33. The third-order valence-electron chi connectivity index (χ3n) is 5.30. The Morgan fingerprint density at radius 2 is 1.65 bits per heavy atom. The standard InChI is InChI=1S/C26H22N4O/c1-2-30-26(24(17-28-30)19-13-15-27-16-14-19)21-8-11-23(12-9-21)31-18-22-10-7-20-5-3-4-6-25(20)29-22/h3-17H,2,18H2,1H3. The van der Waals surface area contributed by atoms with Crippen molar-refractivity contribution < 1.29 is 4.74 Å². The number of rotatable bonds is 6. The van der Waals surface area contributed by atoms with Gasteiger partial charge in [-0.2, -0.15) is 5.10 Å². The summed E-state index contributed by atoms with van der Waals surface area (Å²) in [6, 6.07) is 24.4. The van der Waals surface area contributed by atoms with Crippen LogP contribution in [0.3, 0.4) is 0 Å². The molecule has 0 bridgehead atoms. The fourth-order valence-electron chi connectivity index (χ4n) is 3.73. The summed E-state index contributed by atoms with van der Waals surface area (Å²) < 4.78 is 8.01. The lowest BCUT2D eigenvalue weighted by Gasteiger charge is -2.11. The van der Waals surface area contributed by atoms with E-state index in [1.54, 1.807) is 12.4 Å². The van der Waals surface area contributed by atoms with E-state index in [0.29, 0.717) is 6.61 Å². The predicted octanol–water partition coefficient (Wildman–Crippen LogP) is 5.76. The minimum Gasteiger partial charge on any atom is -0.487 e. The number of pyridine rings is 2. The molecule has 152 valence electrons. The number of fused-ring (bicyclic) bond motifs is 1. The van der Waals surface area contributed by atoms with E-state index in [9.17, 15) is 0 Å². The topological polar surface area (TPSA) is 52.8 Å². The monoisotopic (exact) mass is 406 g/mol. The molecule has 3 heterocycles. The summed E-state index contributed by atoms with van der Waals surface area (Å²) >= 11 is 0. The highest BCUT2D eigenvalue weighted by atomic mass is 16.5. The number of para-hydroxylation sites is 1. The maximum Gasteiger partial charge on any atom is 0.130 e. The van der Waals surface area contributed by atoms with E-state index in [-0.39, 0.29) is 0 Å². The van der Waals surface area contributed by atoms with E-state index in [4.69, 9.17) is 4.74 Å². The fourth-order valence-corrected chi connectivity index (χ4v) is 3.73. The van der Waals surface area contributed by atoms with Gasteiger partial charge in [-0.15, -0.1) is 0 Å². The second kappa shape index (κ2) is 8.40. The van der Waals surface area contributed by atoms with Crippen molar-refractivity contribution in [2.75, 3.05) is 0 Å². The lowest BCUT2D eigenvalue weighted by molar-refractivity contribution is 0.302. The summed E-state index contributed by atoms with van der Waals surface area (Å²) in [7, 11) is 0. The molecule has 0 amide bonds. The molecule has 5 aromatic rings. The lowest BCUT2D eigenvalue weighted by Crippen LogP contribution is -2.00. The average Bonchev–Trinajstić information content (AvgIpc) is 3.28. The van der Waals surface area contributed by atoms with Crippen molar-refractivity contribution in [2.45, 2.75) is 20.1 Å². The van der Waals surface area contributed by atoms with Gasteiger partial charge in [0, 0.05) is 35.5 Å². The van der Waals surface area contributed by atoms with Crippen LogP contribution in [0, 0.1) is 0 Å². The molecule has 2 aromatic carbocycles. The number of hydrogen-bond acceptors (Lipinski definition) is 4. The van der Waals surface area contributed by atoms with Crippen LogP contribution in [0.25, 0.3) is 33.3 Å². The first-order chi connectivity index (χ1) is 15.3. The zero-order valence-electron chi connectivity index (χ0n) is 17.3. The largest absolute Gasteiger partial charge is 0.487 e. The molecule has 31 heavy (non-hydrogen) atoms. The Morgan fingerprint density at radius 3 is 2.45 bits per heavy atom. The third kappa shape index (κ3) is 3.90. The second-order valence-corrected chi connectivity index (χ2v) is 7.27. The molecule has 0 aliphatic rings. The first-order valence-electron chi connectivity index (χ1n) is 10.4. The van der Waals surface area contributed by atoms with E-state index in [0.717, 1.165) is 51.3 Å². The maximum atomic E-state index is 5.99. The van der Waals surface area contributed by atoms with E-state index < -0.39 is 0 Å². The van der Waals surface area contributed by atoms with Crippen molar-refractivity contribution in [1.29, 1.82) is 0 Å². The van der Waals surface area contributed by atoms with Gasteiger partial charge in [0.15, 0.2) is 0 Å². The molecule has 0 aliphatic carbocycles. The van der Waals surface area contributed by atoms with Gasteiger partial charge < -0.3 is 4.74 Å². The van der Waals surface area contributed by atoms with Crippen LogP contribution < -0.4 is 4.74 Å². The maximum absolute atomic E-state index is 5.99. The van der Waals surface area contributed by atoms with Gasteiger partial charge in [0.05, 0.1) is 23.1 Å². The molecule has 5 rings (SSSR count). The number of aryl methyl sites for hydroxylation is 1. The highest BCUT2D eigenvalue weighted by Gasteiger charge is 2.14. The first-order valence-corrected chi connectivity index (χ1v) is 10.4. The van der Waals surface area contributed by atoms with Crippen LogP contribution in [0.5, 0.6) is 5.75 Å². The molecule has 0 saturated carbocycles. The summed E-state index contributed by atoms with van der Waals surface area (Å²) in [5.41, 5.74) is 6.28. The van der Waals surface area contributed by atoms with Crippen molar-refractivity contribution in [3.63, 3.8) is 0 Å². The van der Waals surface area contributed by atoms with Crippen LogP contribution in [0.1, 0.15) is 12.6 Å². The van der Waals surface area contributed by atoms with Gasteiger partial charge in [0.2, 0.25) is 0 Å². The normalized spacial score (nSPS) is 11.0. The van der Waals surface area contributed by atoms with E-state index in [1.165, 1.54) is 0 Å². The number of ether oxygens (including phenoxy) is 1. The third-order valence-corrected chi connectivity index (χ3v) is 5.30. The van der Waals surface area contributed by atoms with Crippen LogP contribution in [0.2, 0.25) is 0 Å². The van der Waals surface area contributed by atoms with Crippen LogP contribution in [0.15, 0.2) is 91.4 Å². The highest BCUT2D eigenvalue weighted by molar-refractivity contribution is 5.81. The van der Waals surface area contributed by atoms with Gasteiger partial charge >= 0.3 is 0 Å². The Kier molecular flexibility index (Phi) is 5.15. The fraction of sp³-hybridized carbons (Fsp3) is 0.115. The highest BCUT2D eigenvalue weighted by Crippen LogP contribution is 2.32. The Morgan fingerprint density at radius 1 is 0.839 bits per heavy atom. The summed E-state index contributed by atoms with van der Waals surface area (Å²) in [4.78, 5) is 8.80. The van der Waals surface area contributed by atoms with E-state index in [2.05, 4.69) is 46.3 Å². The van der Waals surface area contributed by atoms with Gasteiger partial charge in [-0.25, -0.2) is 4.98 Å². The number of benzene rings is 2. The van der Waals surface area contributed by atoms with E-state index >= 15 is 0 Å². The molecular formula is C26H22N4O. The predicted molar refractivity (Wildman–Crippen MR) is 123 cm³/mol. The SMILES string of the molecule is CCn1ncc(-c2ccncc2)c1-c1ccc(OCc2ccc3ccccc3n2)cc1. The molecule has 5 nitrogen and oxygen atoms in total. The van der Waals surface area contributed by atoms with Crippen LogP contribution >= 0.6 is 0 Å². The van der Waals surface area contributed by atoms with Gasteiger partial charge in [-0.05, 0) is 61.0 Å². The van der Waals surface area contributed by atoms with Crippen LogP contribution in [-0.4, -0.2) is 19.7 Å². The Bertz CT molecular complexity index is 1310. The number of hydrogen-bond donors (Lipinski definition) is 0. The minimum absolute atomic E-state index is 0.430. The van der Waals surface area contributed by atoms with Gasteiger partial charge in [-0.3, -0.25) is 9.67 Å².